The normalized spacial score (nSPS) is 12.0. The van der Waals surface area contributed by atoms with E-state index >= 15 is 0 Å². The van der Waals surface area contributed by atoms with Gasteiger partial charge in [-0.25, -0.2) is 4.98 Å². The summed E-state index contributed by atoms with van der Waals surface area (Å²) in [5.41, 5.74) is -2.15. The van der Waals surface area contributed by atoms with Gasteiger partial charge in [-0.3, -0.25) is 4.79 Å². The average Bonchev–Trinajstić information content (AvgIpc) is 2.35. The summed E-state index contributed by atoms with van der Waals surface area (Å²) in [7, 11) is 0.737. The van der Waals surface area contributed by atoms with Gasteiger partial charge >= 0.3 is 18.5 Å². The molecule has 23 heavy (non-hydrogen) atoms. The predicted octanol–water partition coefficient (Wildman–Crippen LogP) is 3.11. The molecule has 0 N–H and O–H groups in total. The SMILES string of the molecule is CCOC(=O)Cc1cc(C(F)(F)F)c(OC)c(OC(F)(F)F)n1. The third-order valence-electron chi connectivity index (χ3n) is 2.35. The minimum Gasteiger partial charge on any atom is -0.491 e. The Hall–Kier alpha value is -2.20. The summed E-state index contributed by atoms with van der Waals surface area (Å²) in [6.07, 6.45) is -11.1. The maximum absolute atomic E-state index is 13.0. The molecule has 1 heterocycles. The van der Waals surface area contributed by atoms with Crippen LogP contribution in [0.1, 0.15) is 18.2 Å². The number of halogens is 6. The number of carbonyl (C=O) groups excluding carboxylic acids is 1. The zero-order valence-electron chi connectivity index (χ0n) is 11.8. The summed E-state index contributed by atoms with van der Waals surface area (Å²) >= 11 is 0. The van der Waals surface area contributed by atoms with Gasteiger partial charge in [0.15, 0.2) is 5.75 Å². The number of nitrogens with zero attached hydrogens (tertiary/aromatic N) is 1. The van der Waals surface area contributed by atoms with Crippen molar-refractivity contribution in [1.29, 1.82) is 0 Å². The van der Waals surface area contributed by atoms with Crippen LogP contribution in [0.15, 0.2) is 6.07 Å². The molecule has 130 valence electrons. The highest BCUT2D eigenvalue weighted by atomic mass is 19.4. The topological polar surface area (TPSA) is 57.7 Å². The van der Waals surface area contributed by atoms with E-state index in [2.05, 4.69) is 19.2 Å². The van der Waals surface area contributed by atoms with Crippen molar-refractivity contribution in [2.45, 2.75) is 25.9 Å². The lowest BCUT2D eigenvalue weighted by Gasteiger charge is -2.17. The van der Waals surface area contributed by atoms with Gasteiger partial charge in [0, 0.05) is 0 Å². The molecule has 1 rings (SSSR count). The summed E-state index contributed by atoms with van der Waals surface area (Å²) in [4.78, 5) is 14.5. The Bertz CT molecular complexity index is 570. The van der Waals surface area contributed by atoms with E-state index in [1.807, 2.05) is 0 Å². The molecule has 0 saturated heterocycles. The van der Waals surface area contributed by atoms with E-state index in [0.29, 0.717) is 6.07 Å². The standard InChI is InChI=1S/C12H11F6NO4/c1-3-22-8(20)5-6-4-7(11(13,14)15)9(21-2)10(19-6)23-12(16,17)18/h4H,3,5H2,1-2H3. The molecule has 0 bridgehead atoms. The van der Waals surface area contributed by atoms with E-state index in [-0.39, 0.29) is 6.61 Å². The van der Waals surface area contributed by atoms with Gasteiger partial charge in [0.25, 0.3) is 5.88 Å². The number of hydrogen-bond acceptors (Lipinski definition) is 5. The molecule has 1 aromatic heterocycles. The fourth-order valence-electron chi connectivity index (χ4n) is 1.60. The van der Waals surface area contributed by atoms with Gasteiger partial charge in [-0.1, -0.05) is 0 Å². The van der Waals surface area contributed by atoms with Crippen LogP contribution >= 0.6 is 0 Å². The molecule has 0 spiro atoms. The molecular weight excluding hydrogens is 336 g/mol. The Balaban J connectivity index is 3.38. The number of hydrogen-bond donors (Lipinski definition) is 0. The lowest BCUT2D eigenvalue weighted by Crippen LogP contribution is -2.21. The monoisotopic (exact) mass is 347 g/mol. The van der Waals surface area contributed by atoms with E-state index < -0.39 is 47.8 Å². The lowest BCUT2D eigenvalue weighted by molar-refractivity contribution is -0.276. The first-order valence-electron chi connectivity index (χ1n) is 6.04. The molecule has 5 nitrogen and oxygen atoms in total. The second-order valence-corrected chi connectivity index (χ2v) is 4.03. The lowest BCUT2D eigenvalue weighted by atomic mass is 10.1. The Morgan fingerprint density at radius 3 is 2.26 bits per heavy atom. The molecule has 0 fully saturated rings. The minimum atomic E-state index is -5.29. The fourth-order valence-corrected chi connectivity index (χ4v) is 1.60. The number of methoxy groups -OCH3 is 1. The number of ether oxygens (including phenoxy) is 3. The third kappa shape index (κ3) is 5.49. The van der Waals surface area contributed by atoms with Crippen molar-refractivity contribution in [2.24, 2.45) is 0 Å². The molecule has 0 radical (unpaired) electrons. The molecular formula is C12H11F6NO4. The van der Waals surface area contributed by atoms with E-state index in [0.717, 1.165) is 7.11 Å². The molecule has 0 aliphatic rings. The van der Waals surface area contributed by atoms with Crippen molar-refractivity contribution in [1.82, 2.24) is 4.98 Å². The van der Waals surface area contributed by atoms with Gasteiger partial charge in [0.1, 0.15) is 5.56 Å². The molecule has 11 heteroatoms. The number of rotatable bonds is 5. The van der Waals surface area contributed by atoms with Crippen molar-refractivity contribution in [2.75, 3.05) is 13.7 Å². The Morgan fingerprint density at radius 1 is 1.22 bits per heavy atom. The number of alkyl halides is 6. The zero-order valence-corrected chi connectivity index (χ0v) is 11.8. The van der Waals surface area contributed by atoms with Crippen LogP contribution in [0.2, 0.25) is 0 Å². The summed E-state index contributed by atoms with van der Waals surface area (Å²) in [5.74, 6) is -3.62. The first-order valence-corrected chi connectivity index (χ1v) is 6.04. The quantitative estimate of drug-likeness (QED) is 0.605. The van der Waals surface area contributed by atoms with E-state index in [4.69, 9.17) is 0 Å². The highest BCUT2D eigenvalue weighted by molar-refractivity contribution is 5.72. The predicted molar refractivity (Wildman–Crippen MR) is 62.8 cm³/mol. The molecule has 0 aliphatic carbocycles. The summed E-state index contributed by atoms with van der Waals surface area (Å²) < 4.78 is 88.1. The molecule has 0 atom stereocenters. The molecule has 0 amide bonds. The van der Waals surface area contributed by atoms with Gasteiger partial charge in [-0.05, 0) is 13.0 Å². The van der Waals surface area contributed by atoms with Gasteiger partial charge in [0.2, 0.25) is 0 Å². The highest BCUT2D eigenvalue weighted by Gasteiger charge is 2.40. The van der Waals surface area contributed by atoms with Gasteiger partial charge in [-0.2, -0.15) is 13.2 Å². The van der Waals surface area contributed by atoms with Crippen LogP contribution in [0.3, 0.4) is 0 Å². The number of aromatic nitrogens is 1. The molecule has 0 aromatic carbocycles. The number of esters is 1. The molecule has 0 unspecified atom stereocenters. The Kier molecular flexibility index (Phi) is 5.67. The number of carbonyl (C=O) groups is 1. The van der Waals surface area contributed by atoms with Crippen LogP contribution < -0.4 is 9.47 Å². The fraction of sp³-hybridized carbons (Fsp3) is 0.500. The Labute approximate surface area is 126 Å². The van der Waals surface area contributed by atoms with Crippen molar-refractivity contribution in [3.63, 3.8) is 0 Å². The first-order chi connectivity index (χ1) is 10.5. The second kappa shape index (κ2) is 6.92. The minimum absolute atomic E-state index is 0.0486. The van der Waals surface area contributed by atoms with Crippen LogP contribution in [0.5, 0.6) is 11.6 Å². The van der Waals surface area contributed by atoms with E-state index in [1.165, 1.54) is 6.92 Å². The van der Waals surface area contributed by atoms with Crippen LogP contribution in [0.4, 0.5) is 26.3 Å². The molecule has 1 aromatic rings. The van der Waals surface area contributed by atoms with Crippen molar-refractivity contribution in [3.05, 3.63) is 17.3 Å². The molecule has 0 saturated carbocycles. The van der Waals surface area contributed by atoms with Crippen molar-refractivity contribution < 1.29 is 45.3 Å². The smallest absolute Gasteiger partial charge is 0.491 e. The first kappa shape index (κ1) is 18.8. The number of pyridine rings is 1. The maximum atomic E-state index is 13.0. The van der Waals surface area contributed by atoms with Crippen LogP contribution in [-0.2, 0) is 22.1 Å². The van der Waals surface area contributed by atoms with Crippen molar-refractivity contribution in [3.8, 4) is 11.6 Å². The van der Waals surface area contributed by atoms with Crippen LogP contribution in [-0.4, -0.2) is 31.0 Å². The van der Waals surface area contributed by atoms with E-state index in [1.54, 1.807) is 0 Å². The van der Waals surface area contributed by atoms with Gasteiger partial charge < -0.3 is 14.2 Å². The average molecular weight is 347 g/mol. The largest absolute Gasteiger partial charge is 0.574 e. The Morgan fingerprint density at radius 2 is 1.83 bits per heavy atom. The van der Waals surface area contributed by atoms with Crippen LogP contribution in [0, 0.1) is 0 Å². The van der Waals surface area contributed by atoms with Crippen LogP contribution in [0.25, 0.3) is 0 Å². The summed E-state index contributed by atoms with van der Waals surface area (Å²) in [5, 5.41) is 0. The van der Waals surface area contributed by atoms with Gasteiger partial charge in [-0.15, -0.1) is 13.2 Å². The zero-order chi connectivity index (χ0) is 17.8. The van der Waals surface area contributed by atoms with Gasteiger partial charge in [0.05, 0.1) is 25.8 Å². The maximum Gasteiger partial charge on any atom is 0.574 e. The van der Waals surface area contributed by atoms with Crippen molar-refractivity contribution >= 4 is 5.97 Å². The second-order valence-electron chi connectivity index (χ2n) is 4.03. The highest BCUT2D eigenvalue weighted by Crippen LogP contribution is 2.42. The van der Waals surface area contributed by atoms with E-state index in [9.17, 15) is 31.1 Å². The molecule has 0 aliphatic heterocycles. The summed E-state index contributed by atoms with van der Waals surface area (Å²) in [6.45, 7) is 1.41. The summed E-state index contributed by atoms with van der Waals surface area (Å²) in [6, 6.07) is 0.402. The third-order valence-corrected chi connectivity index (χ3v) is 2.35.